The molecule has 6 heteroatoms. The molecule has 0 aromatic rings. The van der Waals surface area contributed by atoms with Gasteiger partial charge in [0, 0.05) is 57.6 Å². The van der Waals surface area contributed by atoms with E-state index in [1.54, 1.807) is 0 Å². The minimum atomic E-state index is 0.375. The molecular formula is C23H47N6. The SMILES string of the molecule is CCNCC1C(C)CN(C2[N]CC(C)C2CNC)C1N1CC(C)C(CN(C)C)C1. The quantitative estimate of drug-likeness (QED) is 0.598. The van der Waals surface area contributed by atoms with Crippen molar-refractivity contribution < 1.29 is 0 Å². The third-order valence-electron chi connectivity index (χ3n) is 7.83. The standard InChI is InChI=1S/C23H47N6/c1-8-25-11-21-18(4)13-29(22-20(10-24-5)16(2)9-26-22)23(21)28-12-17(3)19(15-28)14-27(6)7/h16-25H,8-15H2,1-7H3. The molecule has 8 unspecified atom stereocenters. The Bertz CT molecular complexity index is 500. The lowest BCUT2D eigenvalue weighted by atomic mass is 9.94. The second-order valence-electron chi connectivity index (χ2n) is 10.5. The molecule has 0 spiro atoms. The van der Waals surface area contributed by atoms with Crippen molar-refractivity contribution in [2.24, 2.45) is 35.5 Å². The van der Waals surface area contributed by atoms with E-state index in [0.717, 1.165) is 38.0 Å². The average molecular weight is 408 g/mol. The van der Waals surface area contributed by atoms with E-state index in [1.807, 2.05) is 0 Å². The van der Waals surface area contributed by atoms with Crippen molar-refractivity contribution in [3.05, 3.63) is 0 Å². The summed E-state index contributed by atoms with van der Waals surface area (Å²) in [6, 6.07) is 0. The van der Waals surface area contributed by atoms with Crippen molar-refractivity contribution in [1.29, 1.82) is 0 Å². The van der Waals surface area contributed by atoms with Crippen molar-refractivity contribution in [2.45, 2.75) is 40.0 Å². The first-order chi connectivity index (χ1) is 13.9. The van der Waals surface area contributed by atoms with Gasteiger partial charge in [-0.25, -0.2) is 5.32 Å². The summed E-state index contributed by atoms with van der Waals surface area (Å²) in [7, 11) is 6.52. The Morgan fingerprint density at radius 3 is 2.38 bits per heavy atom. The zero-order valence-electron chi connectivity index (χ0n) is 20.1. The summed E-state index contributed by atoms with van der Waals surface area (Å²) in [4.78, 5) is 8.01. The van der Waals surface area contributed by atoms with Crippen LogP contribution in [0.25, 0.3) is 0 Å². The Morgan fingerprint density at radius 2 is 1.72 bits per heavy atom. The third-order valence-corrected chi connectivity index (χ3v) is 7.83. The highest BCUT2D eigenvalue weighted by Crippen LogP contribution is 2.40. The largest absolute Gasteiger partial charge is 0.319 e. The summed E-state index contributed by atoms with van der Waals surface area (Å²) >= 11 is 0. The average Bonchev–Trinajstić information content (AvgIpc) is 3.30. The van der Waals surface area contributed by atoms with Crippen LogP contribution >= 0.6 is 0 Å². The molecule has 3 heterocycles. The zero-order chi connectivity index (χ0) is 21.1. The Morgan fingerprint density at radius 1 is 0.966 bits per heavy atom. The van der Waals surface area contributed by atoms with E-state index in [0.29, 0.717) is 36.0 Å². The lowest BCUT2D eigenvalue weighted by Crippen LogP contribution is -2.56. The minimum Gasteiger partial charge on any atom is -0.319 e. The smallest absolute Gasteiger partial charge is 0.0817 e. The Kier molecular flexibility index (Phi) is 8.38. The van der Waals surface area contributed by atoms with Crippen LogP contribution in [0.3, 0.4) is 0 Å². The van der Waals surface area contributed by atoms with E-state index >= 15 is 0 Å². The lowest BCUT2D eigenvalue weighted by Gasteiger charge is -2.41. The fourth-order valence-electron chi connectivity index (χ4n) is 6.21. The Labute approximate surface area is 180 Å². The van der Waals surface area contributed by atoms with E-state index in [1.165, 1.54) is 26.2 Å². The molecule has 0 aliphatic carbocycles. The van der Waals surface area contributed by atoms with Crippen molar-refractivity contribution in [2.75, 3.05) is 73.5 Å². The predicted molar refractivity (Wildman–Crippen MR) is 122 cm³/mol. The Balaban J connectivity index is 1.81. The van der Waals surface area contributed by atoms with Crippen LogP contribution in [0.2, 0.25) is 0 Å². The second-order valence-corrected chi connectivity index (χ2v) is 10.5. The van der Waals surface area contributed by atoms with E-state index in [2.05, 4.69) is 74.2 Å². The molecule has 3 aliphatic rings. The topological polar surface area (TPSA) is 47.9 Å². The molecule has 3 fully saturated rings. The van der Waals surface area contributed by atoms with Crippen LogP contribution in [0.4, 0.5) is 0 Å². The number of rotatable bonds is 9. The van der Waals surface area contributed by atoms with E-state index in [9.17, 15) is 0 Å². The van der Waals surface area contributed by atoms with Gasteiger partial charge in [0.2, 0.25) is 0 Å². The molecule has 0 aromatic heterocycles. The molecule has 0 aromatic carbocycles. The van der Waals surface area contributed by atoms with Crippen molar-refractivity contribution in [3.8, 4) is 0 Å². The molecule has 29 heavy (non-hydrogen) atoms. The maximum Gasteiger partial charge on any atom is 0.0817 e. The van der Waals surface area contributed by atoms with Gasteiger partial charge in [-0.15, -0.1) is 0 Å². The van der Waals surface area contributed by atoms with Gasteiger partial charge < -0.3 is 15.5 Å². The molecule has 0 bridgehead atoms. The van der Waals surface area contributed by atoms with Gasteiger partial charge in [0.1, 0.15) is 0 Å². The van der Waals surface area contributed by atoms with Crippen LogP contribution in [0.5, 0.6) is 0 Å². The second kappa shape index (κ2) is 10.4. The molecular weight excluding hydrogens is 360 g/mol. The maximum atomic E-state index is 5.19. The fourth-order valence-corrected chi connectivity index (χ4v) is 6.21. The highest BCUT2D eigenvalue weighted by Gasteiger charge is 2.51. The van der Waals surface area contributed by atoms with E-state index in [-0.39, 0.29) is 0 Å². The molecule has 0 saturated carbocycles. The number of hydrogen-bond acceptors (Lipinski definition) is 5. The molecule has 3 saturated heterocycles. The predicted octanol–water partition coefficient (Wildman–Crippen LogP) is 1.04. The van der Waals surface area contributed by atoms with Crippen molar-refractivity contribution >= 4 is 0 Å². The van der Waals surface area contributed by atoms with Crippen LogP contribution in [0.15, 0.2) is 0 Å². The van der Waals surface area contributed by atoms with Gasteiger partial charge in [-0.1, -0.05) is 27.7 Å². The highest BCUT2D eigenvalue weighted by molar-refractivity contribution is 5.01. The first-order valence-corrected chi connectivity index (χ1v) is 12.0. The monoisotopic (exact) mass is 407 g/mol. The molecule has 0 amide bonds. The first-order valence-electron chi connectivity index (χ1n) is 12.0. The zero-order valence-corrected chi connectivity index (χ0v) is 20.1. The molecule has 6 nitrogen and oxygen atoms in total. The van der Waals surface area contributed by atoms with Gasteiger partial charge in [-0.2, -0.15) is 0 Å². The van der Waals surface area contributed by atoms with Gasteiger partial charge in [0.25, 0.3) is 0 Å². The van der Waals surface area contributed by atoms with Gasteiger partial charge in [-0.05, 0) is 51.4 Å². The summed E-state index contributed by atoms with van der Waals surface area (Å²) in [6.45, 7) is 18.7. The number of nitrogens with zero attached hydrogens (tertiary/aromatic N) is 4. The third kappa shape index (κ3) is 5.16. The minimum absolute atomic E-state index is 0.375. The molecule has 3 aliphatic heterocycles. The van der Waals surface area contributed by atoms with E-state index in [4.69, 9.17) is 5.32 Å². The molecule has 169 valence electrons. The van der Waals surface area contributed by atoms with Gasteiger partial charge in [0.05, 0.1) is 12.3 Å². The summed E-state index contributed by atoms with van der Waals surface area (Å²) < 4.78 is 0. The summed E-state index contributed by atoms with van der Waals surface area (Å²) in [5.74, 6) is 4.24. The van der Waals surface area contributed by atoms with Crippen LogP contribution < -0.4 is 16.0 Å². The van der Waals surface area contributed by atoms with Crippen molar-refractivity contribution in [3.63, 3.8) is 0 Å². The molecule has 8 atom stereocenters. The number of hydrogen-bond donors (Lipinski definition) is 2. The van der Waals surface area contributed by atoms with Crippen LogP contribution in [0, 0.1) is 35.5 Å². The van der Waals surface area contributed by atoms with E-state index < -0.39 is 0 Å². The number of likely N-dealkylation sites (tertiary alicyclic amines) is 2. The summed E-state index contributed by atoms with van der Waals surface area (Å²) in [6.07, 6.45) is 0.900. The summed E-state index contributed by atoms with van der Waals surface area (Å²) in [5.41, 5.74) is 0. The van der Waals surface area contributed by atoms with Crippen LogP contribution in [-0.4, -0.2) is 101 Å². The normalized spacial score (nSPS) is 41.8. The van der Waals surface area contributed by atoms with Crippen LogP contribution in [-0.2, 0) is 0 Å². The van der Waals surface area contributed by atoms with Gasteiger partial charge >= 0.3 is 0 Å². The lowest BCUT2D eigenvalue weighted by molar-refractivity contribution is 0.00916. The van der Waals surface area contributed by atoms with Gasteiger partial charge in [0.15, 0.2) is 0 Å². The molecule has 2 N–H and O–H groups in total. The maximum absolute atomic E-state index is 5.19. The molecule has 1 radical (unpaired) electrons. The molecule has 3 rings (SSSR count). The Hall–Kier alpha value is -0.240. The van der Waals surface area contributed by atoms with Crippen LogP contribution in [0.1, 0.15) is 27.7 Å². The van der Waals surface area contributed by atoms with Crippen molar-refractivity contribution in [1.82, 2.24) is 30.7 Å². The highest BCUT2D eigenvalue weighted by atomic mass is 15.4. The summed E-state index contributed by atoms with van der Waals surface area (Å²) in [5, 5.41) is 12.3. The van der Waals surface area contributed by atoms with Gasteiger partial charge in [-0.3, -0.25) is 9.80 Å². The fraction of sp³-hybridized carbons (Fsp3) is 1.00. The first kappa shape index (κ1) is 23.4. The number of nitrogens with one attached hydrogen (secondary N) is 2.